The molecule has 0 radical (unpaired) electrons. The molecule has 3 rings (SSSR count). The smallest absolute Gasteiger partial charge is 0.264 e. The van der Waals surface area contributed by atoms with E-state index in [9.17, 15) is 18.0 Å². The molecular formula is C27H28BrCl2N3O4S. The number of hydrogen-bond acceptors (Lipinski definition) is 4. The first-order valence-electron chi connectivity index (χ1n) is 11.8. The third kappa shape index (κ3) is 7.28. The molecule has 0 saturated heterocycles. The summed E-state index contributed by atoms with van der Waals surface area (Å²) in [5, 5.41) is 3.39. The minimum Gasteiger partial charge on any atom is -0.355 e. The van der Waals surface area contributed by atoms with Crippen molar-refractivity contribution in [1.82, 2.24) is 10.2 Å². The number of anilines is 1. The van der Waals surface area contributed by atoms with Crippen molar-refractivity contribution in [3.8, 4) is 0 Å². The van der Waals surface area contributed by atoms with E-state index in [0.717, 1.165) is 14.3 Å². The molecule has 11 heteroatoms. The van der Waals surface area contributed by atoms with Crippen LogP contribution in [0.5, 0.6) is 0 Å². The number of benzene rings is 3. The zero-order valence-corrected chi connectivity index (χ0v) is 25.0. The predicted octanol–water partition coefficient (Wildman–Crippen LogP) is 5.81. The number of hydrogen-bond donors (Lipinski definition) is 1. The van der Waals surface area contributed by atoms with E-state index in [2.05, 4.69) is 21.2 Å². The van der Waals surface area contributed by atoms with Gasteiger partial charge in [-0.25, -0.2) is 8.42 Å². The minimum absolute atomic E-state index is 0.0206. The van der Waals surface area contributed by atoms with Crippen molar-refractivity contribution in [3.05, 3.63) is 92.4 Å². The van der Waals surface area contributed by atoms with E-state index in [-0.39, 0.29) is 17.3 Å². The van der Waals surface area contributed by atoms with E-state index >= 15 is 0 Å². The lowest BCUT2D eigenvalue weighted by atomic mass is 10.1. The Balaban J connectivity index is 2.03. The lowest BCUT2D eigenvalue weighted by molar-refractivity contribution is -0.139. The van der Waals surface area contributed by atoms with Crippen molar-refractivity contribution in [2.24, 2.45) is 0 Å². The Kier molecular flexibility index (Phi) is 10.2. The molecule has 0 aliphatic rings. The van der Waals surface area contributed by atoms with Crippen LogP contribution in [-0.2, 0) is 26.2 Å². The molecule has 1 N–H and O–H groups in total. The predicted molar refractivity (Wildman–Crippen MR) is 155 cm³/mol. The van der Waals surface area contributed by atoms with Gasteiger partial charge in [-0.15, -0.1) is 0 Å². The number of aryl methyl sites for hydroxylation is 1. The summed E-state index contributed by atoms with van der Waals surface area (Å²) in [6.07, 6.45) is 0. The van der Waals surface area contributed by atoms with Crippen LogP contribution >= 0.6 is 39.1 Å². The van der Waals surface area contributed by atoms with Crippen LogP contribution in [0, 0.1) is 6.92 Å². The van der Waals surface area contributed by atoms with Crippen molar-refractivity contribution < 1.29 is 18.0 Å². The number of sulfonamides is 1. The summed E-state index contributed by atoms with van der Waals surface area (Å²) in [6.45, 7) is 5.11. The molecule has 0 aliphatic heterocycles. The van der Waals surface area contributed by atoms with Gasteiger partial charge in [-0.05, 0) is 74.9 Å². The number of nitrogens with zero attached hydrogens (tertiary/aromatic N) is 2. The van der Waals surface area contributed by atoms with Crippen LogP contribution in [0.1, 0.15) is 25.0 Å². The maximum Gasteiger partial charge on any atom is 0.264 e. The van der Waals surface area contributed by atoms with E-state index in [1.807, 2.05) is 6.92 Å². The zero-order chi connectivity index (χ0) is 28.0. The number of carbonyl (C=O) groups excluding carboxylic acids is 2. The normalized spacial score (nSPS) is 12.1. The molecule has 38 heavy (non-hydrogen) atoms. The standard InChI is InChI=1S/C27H28BrCl2N3O4S/c1-4-31-27(35)19(3)32(16-20-7-14-24(29)25(30)15-20)26(34)17-33(22-10-8-21(28)9-11-22)38(36,37)23-12-5-18(2)6-13-23/h5-15,19H,4,16-17H2,1-3H3,(H,31,35). The van der Waals surface area contributed by atoms with E-state index in [4.69, 9.17) is 23.2 Å². The molecular weight excluding hydrogens is 613 g/mol. The van der Waals surface area contributed by atoms with Gasteiger partial charge in [0.05, 0.1) is 20.6 Å². The molecule has 1 atom stereocenters. The molecule has 3 aromatic carbocycles. The number of likely N-dealkylation sites (N-methyl/N-ethyl adjacent to an activating group) is 1. The summed E-state index contributed by atoms with van der Waals surface area (Å²) >= 11 is 15.6. The van der Waals surface area contributed by atoms with Gasteiger partial charge in [0.2, 0.25) is 11.8 Å². The van der Waals surface area contributed by atoms with E-state index < -0.39 is 28.5 Å². The molecule has 0 saturated carbocycles. The second kappa shape index (κ2) is 13.0. The SMILES string of the molecule is CCNC(=O)C(C)N(Cc1ccc(Cl)c(Cl)c1)C(=O)CN(c1ccc(Br)cc1)S(=O)(=O)c1ccc(C)cc1. The highest BCUT2D eigenvalue weighted by Crippen LogP contribution is 2.27. The fourth-order valence-electron chi connectivity index (χ4n) is 3.71. The quantitative estimate of drug-likeness (QED) is 0.303. The van der Waals surface area contributed by atoms with Gasteiger partial charge >= 0.3 is 0 Å². The summed E-state index contributed by atoms with van der Waals surface area (Å²) < 4.78 is 29.3. The van der Waals surface area contributed by atoms with Gasteiger partial charge in [-0.1, -0.05) is 62.9 Å². The molecule has 1 unspecified atom stereocenters. The molecule has 0 fully saturated rings. The highest BCUT2D eigenvalue weighted by Gasteiger charge is 2.32. The summed E-state index contributed by atoms with van der Waals surface area (Å²) in [7, 11) is -4.12. The first-order valence-corrected chi connectivity index (χ1v) is 14.8. The van der Waals surface area contributed by atoms with E-state index in [1.165, 1.54) is 17.0 Å². The summed E-state index contributed by atoms with van der Waals surface area (Å²) in [5.41, 5.74) is 1.85. The number of amides is 2. The fraction of sp³-hybridized carbons (Fsp3) is 0.259. The van der Waals surface area contributed by atoms with Crippen LogP contribution in [0.3, 0.4) is 0 Å². The van der Waals surface area contributed by atoms with Crippen LogP contribution in [0.2, 0.25) is 10.0 Å². The molecule has 202 valence electrons. The Morgan fingerprint density at radius 1 is 0.974 bits per heavy atom. The van der Waals surface area contributed by atoms with Gasteiger partial charge in [0, 0.05) is 17.6 Å². The van der Waals surface area contributed by atoms with Crippen LogP contribution in [0.25, 0.3) is 0 Å². The van der Waals surface area contributed by atoms with Crippen molar-refractivity contribution in [1.29, 1.82) is 0 Å². The van der Waals surface area contributed by atoms with Crippen LogP contribution < -0.4 is 9.62 Å². The van der Waals surface area contributed by atoms with Crippen molar-refractivity contribution in [3.63, 3.8) is 0 Å². The third-order valence-corrected chi connectivity index (χ3v) is 8.91. The number of rotatable bonds is 10. The molecule has 7 nitrogen and oxygen atoms in total. The molecule has 0 spiro atoms. The first kappa shape index (κ1) is 30.0. The first-order chi connectivity index (χ1) is 17.9. The number of carbonyl (C=O) groups is 2. The van der Waals surface area contributed by atoms with Crippen LogP contribution in [0.4, 0.5) is 5.69 Å². The Bertz CT molecular complexity index is 1400. The summed E-state index contributed by atoms with van der Waals surface area (Å²) in [5.74, 6) is -0.925. The Hall–Kier alpha value is -2.59. The molecule has 0 aliphatic carbocycles. The Morgan fingerprint density at radius 3 is 2.18 bits per heavy atom. The molecule has 0 heterocycles. The second-order valence-corrected chi connectivity index (χ2v) is 12.2. The van der Waals surface area contributed by atoms with Gasteiger partial charge in [-0.3, -0.25) is 13.9 Å². The molecule has 0 bridgehead atoms. The molecule has 2 amide bonds. The maximum atomic E-state index is 13.8. The van der Waals surface area contributed by atoms with Gasteiger partial charge < -0.3 is 10.2 Å². The monoisotopic (exact) mass is 639 g/mol. The molecule has 3 aromatic rings. The minimum atomic E-state index is -4.12. The zero-order valence-electron chi connectivity index (χ0n) is 21.1. The number of halogens is 3. The van der Waals surface area contributed by atoms with Crippen molar-refractivity contribution >= 4 is 66.7 Å². The van der Waals surface area contributed by atoms with Gasteiger partial charge in [-0.2, -0.15) is 0 Å². The lowest BCUT2D eigenvalue weighted by Gasteiger charge is -2.32. The largest absolute Gasteiger partial charge is 0.355 e. The van der Waals surface area contributed by atoms with E-state index in [0.29, 0.717) is 27.8 Å². The lowest BCUT2D eigenvalue weighted by Crippen LogP contribution is -2.51. The summed E-state index contributed by atoms with van der Waals surface area (Å²) in [4.78, 5) is 27.9. The van der Waals surface area contributed by atoms with Gasteiger partial charge in [0.25, 0.3) is 10.0 Å². The van der Waals surface area contributed by atoms with Gasteiger partial charge in [0.15, 0.2) is 0 Å². The Morgan fingerprint density at radius 2 is 1.61 bits per heavy atom. The fourth-order valence-corrected chi connectivity index (χ4v) is 5.71. The van der Waals surface area contributed by atoms with Gasteiger partial charge in [0.1, 0.15) is 12.6 Å². The number of nitrogens with one attached hydrogen (secondary N) is 1. The molecule has 0 aromatic heterocycles. The van der Waals surface area contributed by atoms with Crippen molar-refractivity contribution in [2.75, 3.05) is 17.4 Å². The third-order valence-electron chi connectivity index (χ3n) is 5.86. The second-order valence-electron chi connectivity index (χ2n) is 8.64. The average molecular weight is 641 g/mol. The topological polar surface area (TPSA) is 86.8 Å². The highest BCUT2D eigenvalue weighted by molar-refractivity contribution is 9.10. The Labute approximate surface area is 241 Å². The summed E-state index contributed by atoms with van der Waals surface area (Å²) in [6, 6.07) is 17.1. The van der Waals surface area contributed by atoms with Crippen molar-refractivity contribution in [2.45, 2.75) is 38.3 Å². The van der Waals surface area contributed by atoms with E-state index in [1.54, 1.807) is 68.4 Å². The maximum absolute atomic E-state index is 13.8. The van der Waals surface area contributed by atoms with Crippen LogP contribution in [-0.4, -0.2) is 44.3 Å². The average Bonchev–Trinajstić information content (AvgIpc) is 2.88. The highest BCUT2D eigenvalue weighted by atomic mass is 79.9. The van der Waals surface area contributed by atoms with Crippen LogP contribution in [0.15, 0.2) is 76.1 Å².